The van der Waals surface area contributed by atoms with E-state index in [1.165, 1.54) is 10.2 Å². The zero-order chi connectivity index (χ0) is 27.2. The Kier molecular flexibility index (Phi) is 6.40. The summed E-state index contributed by atoms with van der Waals surface area (Å²) in [7, 11) is 1.58. The molecule has 196 valence electrons. The second kappa shape index (κ2) is 9.57. The lowest BCUT2D eigenvalue weighted by atomic mass is 9.85. The molecule has 0 atom stereocenters. The molecule has 0 aliphatic carbocycles. The number of amides is 1. The van der Waals surface area contributed by atoms with E-state index in [-0.39, 0.29) is 23.5 Å². The second-order valence-electron chi connectivity index (χ2n) is 10.5. The van der Waals surface area contributed by atoms with E-state index in [0.717, 1.165) is 5.56 Å². The zero-order valence-corrected chi connectivity index (χ0v) is 22.3. The third-order valence-electron chi connectivity index (χ3n) is 6.94. The van der Waals surface area contributed by atoms with Crippen LogP contribution in [0.3, 0.4) is 0 Å². The number of carbonyl (C=O) groups excluding carboxylic acids is 1. The number of aryl methyl sites for hydroxylation is 2. The number of aliphatic hydroxyl groups is 1. The SMILES string of the molecule is CCn1ccc(Nc2cc(-c3cccc(N4Cc5cc(C(C)(C)C)ccc5C4=O)c3CO)nn(C)c2=O)n1. The zero-order valence-electron chi connectivity index (χ0n) is 22.3. The van der Waals surface area contributed by atoms with Crippen molar-refractivity contribution in [3.05, 3.63) is 87.3 Å². The van der Waals surface area contributed by atoms with Crippen molar-refractivity contribution in [2.45, 2.75) is 52.8 Å². The molecule has 2 aromatic carbocycles. The quantitative estimate of drug-likeness (QED) is 0.398. The Morgan fingerprint density at radius 3 is 2.50 bits per heavy atom. The topological polar surface area (TPSA) is 105 Å². The summed E-state index contributed by atoms with van der Waals surface area (Å²) >= 11 is 0. The number of fused-ring (bicyclic) bond motifs is 1. The molecule has 1 amide bonds. The highest BCUT2D eigenvalue weighted by molar-refractivity contribution is 6.10. The average molecular weight is 513 g/mol. The molecule has 0 fully saturated rings. The van der Waals surface area contributed by atoms with Gasteiger partial charge in [-0.2, -0.15) is 10.2 Å². The Morgan fingerprint density at radius 2 is 1.82 bits per heavy atom. The highest BCUT2D eigenvalue weighted by Gasteiger charge is 2.31. The molecule has 2 aromatic heterocycles. The highest BCUT2D eigenvalue weighted by Crippen LogP contribution is 2.37. The van der Waals surface area contributed by atoms with Crippen LogP contribution in [-0.4, -0.2) is 30.6 Å². The molecular formula is C29H32N6O3. The number of carbonyl (C=O) groups is 1. The number of hydrogen-bond donors (Lipinski definition) is 2. The number of nitrogens with one attached hydrogen (secondary N) is 1. The molecule has 38 heavy (non-hydrogen) atoms. The Balaban J connectivity index is 1.54. The first-order valence-electron chi connectivity index (χ1n) is 12.7. The molecule has 0 saturated carbocycles. The van der Waals surface area contributed by atoms with Gasteiger partial charge in [0, 0.05) is 42.5 Å². The van der Waals surface area contributed by atoms with E-state index >= 15 is 0 Å². The van der Waals surface area contributed by atoms with Gasteiger partial charge in [-0.15, -0.1) is 0 Å². The van der Waals surface area contributed by atoms with Gasteiger partial charge in [0.2, 0.25) is 0 Å². The van der Waals surface area contributed by atoms with Gasteiger partial charge in [-0.3, -0.25) is 14.3 Å². The molecular weight excluding hydrogens is 480 g/mol. The third-order valence-corrected chi connectivity index (χ3v) is 6.94. The minimum atomic E-state index is -0.304. The lowest BCUT2D eigenvalue weighted by molar-refractivity contribution is 0.0996. The second-order valence-corrected chi connectivity index (χ2v) is 10.5. The summed E-state index contributed by atoms with van der Waals surface area (Å²) in [5, 5.41) is 22.4. The van der Waals surface area contributed by atoms with E-state index in [2.05, 4.69) is 42.4 Å². The van der Waals surface area contributed by atoms with E-state index in [9.17, 15) is 14.7 Å². The third kappa shape index (κ3) is 4.50. The molecule has 4 aromatic rings. The van der Waals surface area contributed by atoms with E-state index < -0.39 is 0 Å². The number of hydrogen-bond acceptors (Lipinski definition) is 6. The molecule has 0 spiro atoms. The Bertz CT molecular complexity index is 1590. The molecule has 5 rings (SSSR count). The number of nitrogens with zero attached hydrogens (tertiary/aromatic N) is 5. The molecule has 0 saturated heterocycles. The maximum atomic E-state index is 13.4. The predicted octanol–water partition coefficient (Wildman–Crippen LogP) is 4.36. The minimum absolute atomic E-state index is 0.0307. The van der Waals surface area contributed by atoms with Crippen LogP contribution in [-0.2, 0) is 32.2 Å². The van der Waals surface area contributed by atoms with Gasteiger partial charge in [0.1, 0.15) is 5.69 Å². The first-order chi connectivity index (χ1) is 18.1. The number of rotatable bonds is 6. The smallest absolute Gasteiger partial charge is 0.290 e. The summed E-state index contributed by atoms with van der Waals surface area (Å²) in [6.07, 6.45) is 1.83. The van der Waals surface area contributed by atoms with Crippen molar-refractivity contribution in [3.8, 4) is 11.3 Å². The standard InChI is InChI=1S/C29H32N6O3/c1-6-34-13-12-26(32-34)30-24-15-23(31-33(5)28(24)38)21-8-7-9-25(22(21)17-36)35-16-18-14-19(29(2,3)4)10-11-20(18)27(35)37/h7-15,36H,6,16-17H2,1-5H3,(H,30,32). The highest BCUT2D eigenvalue weighted by atomic mass is 16.3. The molecule has 9 nitrogen and oxygen atoms in total. The van der Waals surface area contributed by atoms with Crippen molar-refractivity contribution in [2.24, 2.45) is 7.05 Å². The van der Waals surface area contributed by atoms with Crippen molar-refractivity contribution >= 4 is 23.1 Å². The molecule has 0 bridgehead atoms. The van der Waals surface area contributed by atoms with Crippen LogP contribution in [0.2, 0.25) is 0 Å². The summed E-state index contributed by atoms with van der Waals surface area (Å²) in [5.74, 6) is 0.446. The van der Waals surface area contributed by atoms with Gasteiger partial charge >= 0.3 is 0 Å². The Hall–Kier alpha value is -4.24. The van der Waals surface area contributed by atoms with Gasteiger partial charge in [-0.05, 0) is 41.7 Å². The fourth-order valence-corrected chi connectivity index (χ4v) is 4.79. The first-order valence-corrected chi connectivity index (χ1v) is 12.7. The minimum Gasteiger partial charge on any atom is -0.392 e. The summed E-state index contributed by atoms with van der Waals surface area (Å²) in [6.45, 7) is 9.26. The van der Waals surface area contributed by atoms with Gasteiger partial charge in [0.25, 0.3) is 11.5 Å². The molecule has 1 aliphatic rings. The number of aromatic nitrogens is 4. The van der Waals surface area contributed by atoms with Crippen LogP contribution in [0.4, 0.5) is 17.2 Å². The fraction of sp³-hybridized carbons (Fsp3) is 0.310. The summed E-state index contributed by atoms with van der Waals surface area (Å²) in [5.41, 5.74) is 5.11. The lowest BCUT2D eigenvalue weighted by Crippen LogP contribution is -2.25. The van der Waals surface area contributed by atoms with Gasteiger partial charge in [0.05, 0.1) is 24.5 Å². The van der Waals surface area contributed by atoms with Gasteiger partial charge in [0.15, 0.2) is 5.82 Å². The van der Waals surface area contributed by atoms with Crippen molar-refractivity contribution in [3.63, 3.8) is 0 Å². The van der Waals surface area contributed by atoms with Crippen LogP contribution in [0, 0.1) is 0 Å². The van der Waals surface area contributed by atoms with Crippen molar-refractivity contribution < 1.29 is 9.90 Å². The van der Waals surface area contributed by atoms with Crippen molar-refractivity contribution in [1.29, 1.82) is 0 Å². The summed E-state index contributed by atoms with van der Waals surface area (Å²) in [6, 6.07) is 15.0. The van der Waals surface area contributed by atoms with Crippen LogP contribution >= 0.6 is 0 Å². The van der Waals surface area contributed by atoms with Gasteiger partial charge in [-0.25, -0.2) is 4.68 Å². The molecule has 2 N–H and O–H groups in total. The molecule has 0 radical (unpaired) electrons. The fourth-order valence-electron chi connectivity index (χ4n) is 4.79. The number of aliphatic hydroxyl groups excluding tert-OH is 1. The normalized spacial score (nSPS) is 13.2. The predicted molar refractivity (Wildman–Crippen MR) is 148 cm³/mol. The van der Waals surface area contributed by atoms with Gasteiger partial charge < -0.3 is 15.3 Å². The van der Waals surface area contributed by atoms with E-state index in [1.54, 1.807) is 28.8 Å². The maximum Gasteiger partial charge on any atom is 0.290 e. The summed E-state index contributed by atoms with van der Waals surface area (Å²) in [4.78, 5) is 28.0. The van der Waals surface area contributed by atoms with Crippen LogP contribution in [0.25, 0.3) is 11.3 Å². The van der Waals surface area contributed by atoms with E-state index in [4.69, 9.17) is 0 Å². The number of benzene rings is 2. The van der Waals surface area contributed by atoms with Crippen LogP contribution in [0.15, 0.2) is 59.5 Å². The van der Waals surface area contributed by atoms with Gasteiger partial charge in [-0.1, -0.05) is 45.0 Å². The largest absolute Gasteiger partial charge is 0.392 e. The van der Waals surface area contributed by atoms with Crippen LogP contribution in [0.1, 0.15) is 54.7 Å². The molecule has 0 unspecified atom stereocenters. The Morgan fingerprint density at radius 1 is 1.03 bits per heavy atom. The molecule has 9 heteroatoms. The number of anilines is 3. The summed E-state index contributed by atoms with van der Waals surface area (Å²) < 4.78 is 3.02. The lowest BCUT2D eigenvalue weighted by Gasteiger charge is -2.21. The monoisotopic (exact) mass is 512 g/mol. The van der Waals surface area contributed by atoms with Crippen molar-refractivity contribution in [2.75, 3.05) is 10.2 Å². The first kappa shape index (κ1) is 25.4. The average Bonchev–Trinajstić information content (AvgIpc) is 3.49. The molecule has 1 aliphatic heterocycles. The van der Waals surface area contributed by atoms with Crippen molar-refractivity contribution in [1.82, 2.24) is 19.6 Å². The molecule has 3 heterocycles. The Labute approximate surface area is 221 Å². The van der Waals surface area contributed by atoms with Crippen LogP contribution in [0.5, 0.6) is 0 Å². The maximum absolute atomic E-state index is 13.4. The van der Waals surface area contributed by atoms with E-state index in [1.807, 2.05) is 43.5 Å². The van der Waals surface area contributed by atoms with Crippen LogP contribution < -0.4 is 15.8 Å². The van der Waals surface area contributed by atoms with E-state index in [0.29, 0.717) is 52.7 Å².